The Bertz CT molecular complexity index is 939. The zero-order valence-corrected chi connectivity index (χ0v) is 12.4. The van der Waals surface area contributed by atoms with Crippen molar-refractivity contribution in [1.82, 2.24) is 4.98 Å². The number of nitrogens with two attached hydrogens (primary N) is 2. The van der Waals surface area contributed by atoms with Gasteiger partial charge in [-0.25, -0.2) is 13.6 Å². The summed E-state index contributed by atoms with van der Waals surface area (Å²) in [6.45, 7) is 3.81. The first kappa shape index (κ1) is 15.7. The fourth-order valence-corrected chi connectivity index (χ4v) is 2.50. The van der Waals surface area contributed by atoms with Crippen LogP contribution in [0.1, 0.15) is 15.9 Å². The Balaban J connectivity index is 2.53. The highest BCUT2D eigenvalue weighted by molar-refractivity contribution is 7.89. The lowest BCUT2D eigenvalue weighted by Crippen LogP contribution is -2.23. The molecule has 1 aromatic heterocycles. The van der Waals surface area contributed by atoms with E-state index in [1.807, 2.05) is 0 Å². The van der Waals surface area contributed by atoms with Gasteiger partial charge in [-0.05, 0) is 29.3 Å². The molecule has 0 unspecified atom stereocenters. The lowest BCUT2D eigenvalue weighted by Gasteiger charge is -2.03. The number of rotatable bonds is 4. The number of carbonyl (C=O) groups excluding carboxylic acids is 1. The van der Waals surface area contributed by atoms with Gasteiger partial charge in [-0.1, -0.05) is 18.7 Å². The van der Waals surface area contributed by atoms with Crippen molar-refractivity contribution in [2.75, 3.05) is 0 Å². The average Bonchev–Trinajstić information content (AvgIpc) is 2.84. The molecule has 0 radical (unpaired) electrons. The number of primary sulfonamides is 1. The average molecular weight is 317 g/mol. The number of benzene rings is 1. The second kappa shape index (κ2) is 6.00. The van der Waals surface area contributed by atoms with E-state index in [0.29, 0.717) is 27.3 Å². The van der Waals surface area contributed by atoms with Crippen molar-refractivity contribution < 1.29 is 13.2 Å². The van der Waals surface area contributed by atoms with Crippen LogP contribution in [0.4, 0.5) is 0 Å². The van der Waals surface area contributed by atoms with Crippen LogP contribution in [-0.2, 0) is 10.0 Å². The van der Waals surface area contributed by atoms with Crippen molar-refractivity contribution in [2.24, 2.45) is 10.9 Å². The van der Waals surface area contributed by atoms with E-state index in [-0.39, 0.29) is 4.90 Å². The van der Waals surface area contributed by atoms with Crippen molar-refractivity contribution in [1.29, 1.82) is 0 Å². The minimum atomic E-state index is -3.74. The topological polar surface area (TPSA) is 119 Å². The maximum Gasteiger partial charge on any atom is 0.238 e. The van der Waals surface area contributed by atoms with E-state index < -0.39 is 10.0 Å². The number of nitrogens with one attached hydrogen (secondary N) is 1. The first-order valence-electron chi connectivity index (χ1n) is 6.25. The molecule has 1 heterocycles. The maximum atomic E-state index is 11.2. The lowest BCUT2D eigenvalue weighted by atomic mass is 10.1. The number of aldehydes is 1. The summed E-state index contributed by atoms with van der Waals surface area (Å²) >= 11 is 0. The van der Waals surface area contributed by atoms with Gasteiger partial charge in [0.15, 0.2) is 6.29 Å². The molecule has 0 saturated heterocycles. The van der Waals surface area contributed by atoms with Crippen molar-refractivity contribution >= 4 is 34.5 Å². The van der Waals surface area contributed by atoms with Gasteiger partial charge >= 0.3 is 0 Å². The summed E-state index contributed by atoms with van der Waals surface area (Å²) in [4.78, 5) is 13.9. The molecule has 0 aliphatic carbocycles. The molecule has 7 heteroatoms. The third kappa shape index (κ3) is 3.16. The van der Waals surface area contributed by atoms with Crippen molar-refractivity contribution in [3.63, 3.8) is 0 Å². The van der Waals surface area contributed by atoms with E-state index in [9.17, 15) is 13.2 Å². The van der Waals surface area contributed by atoms with E-state index in [1.165, 1.54) is 18.3 Å². The molecule has 0 atom stereocenters. The van der Waals surface area contributed by atoms with E-state index in [2.05, 4.69) is 11.6 Å². The third-order valence-electron chi connectivity index (χ3n) is 3.16. The van der Waals surface area contributed by atoms with Gasteiger partial charge in [0.1, 0.15) is 0 Å². The minimum Gasteiger partial charge on any atom is -0.404 e. The molecule has 0 aliphatic rings. The largest absolute Gasteiger partial charge is 0.404 e. The second-order valence-corrected chi connectivity index (χ2v) is 6.15. The van der Waals surface area contributed by atoms with Crippen LogP contribution in [0.25, 0.3) is 18.2 Å². The van der Waals surface area contributed by atoms with E-state index in [1.54, 1.807) is 24.4 Å². The number of hydrogen-bond acceptors (Lipinski definition) is 4. The van der Waals surface area contributed by atoms with Crippen molar-refractivity contribution in [3.8, 4) is 0 Å². The first-order valence-corrected chi connectivity index (χ1v) is 7.80. The summed E-state index contributed by atoms with van der Waals surface area (Å²) in [5, 5.41) is 6.27. The smallest absolute Gasteiger partial charge is 0.238 e. The van der Waals surface area contributed by atoms with Crippen molar-refractivity contribution in [2.45, 2.75) is 4.90 Å². The highest BCUT2D eigenvalue weighted by Gasteiger charge is 2.08. The molecule has 2 aromatic rings. The summed E-state index contributed by atoms with van der Waals surface area (Å²) in [6, 6.07) is 5.96. The van der Waals surface area contributed by atoms with Gasteiger partial charge in [0.25, 0.3) is 0 Å². The SMILES string of the molecule is C=c1[nH]cc(C=O)/c1=C/C(=C\N)c1ccc(S(N)(=O)=O)cc1. The quantitative estimate of drug-likeness (QED) is 0.669. The molecule has 0 amide bonds. The van der Waals surface area contributed by atoms with Crippen LogP contribution in [0.15, 0.2) is 41.6 Å². The molecule has 1 aromatic carbocycles. The molecule has 5 N–H and O–H groups in total. The Kier molecular flexibility index (Phi) is 4.30. The number of hydrogen-bond donors (Lipinski definition) is 3. The van der Waals surface area contributed by atoms with Crippen LogP contribution in [0, 0.1) is 0 Å². The van der Waals surface area contributed by atoms with Gasteiger partial charge in [-0.15, -0.1) is 0 Å². The Hall–Kier alpha value is -2.64. The molecule has 2 rings (SSSR count). The van der Waals surface area contributed by atoms with Gasteiger partial charge in [-0.3, -0.25) is 4.79 Å². The van der Waals surface area contributed by atoms with Crippen LogP contribution in [0.3, 0.4) is 0 Å². The highest BCUT2D eigenvalue weighted by Crippen LogP contribution is 2.17. The molecule has 0 spiro atoms. The Morgan fingerprint density at radius 3 is 2.36 bits per heavy atom. The zero-order valence-electron chi connectivity index (χ0n) is 11.6. The predicted octanol–water partition coefficient (Wildman–Crippen LogP) is -0.335. The lowest BCUT2D eigenvalue weighted by molar-refractivity contribution is 0.112. The fraction of sp³-hybridized carbons (Fsp3) is 0. The number of sulfonamides is 1. The third-order valence-corrected chi connectivity index (χ3v) is 4.09. The number of H-pyrrole nitrogens is 1. The molecule has 0 saturated carbocycles. The van der Waals surface area contributed by atoms with Crippen LogP contribution in [0.2, 0.25) is 0 Å². The highest BCUT2D eigenvalue weighted by atomic mass is 32.2. The Labute approximate surface area is 127 Å². The van der Waals surface area contributed by atoms with Crippen LogP contribution in [0.5, 0.6) is 0 Å². The van der Waals surface area contributed by atoms with E-state index in [0.717, 1.165) is 6.29 Å². The van der Waals surface area contributed by atoms with E-state index >= 15 is 0 Å². The first-order chi connectivity index (χ1) is 10.4. The monoisotopic (exact) mass is 317 g/mol. The second-order valence-electron chi connectivity index (χ2n) is 4.59. The number of allylic oxidation sites excluding steroid dienone is 1. The van der Waals surface area contributed by atoms with Gasteiger partial charge in [0.2, 0.25) is 10.0 Å². The van der Waals surface area contributed by atoms with Gasteiger partial charge < -0.3 is 10.7 Å². The summed E-state index contributed by atoms with van der Waals surface area (Å²) in [6.07, 6.45) is 5.34. The Morgan fingerprint density at radius 1 is 1.23 bits per heavy atom. The predicted molar refractivity (Wildman–Crippen MR) is 85.4 cm³/mol. The number of aromatic nitrogens is 1. The molecule has 0 bridgehead atoms. The van der Waals surface area contributed by atoms with Crippen LogP contribution >= 0.6 is 0 Å². The minimum absolute atomic E-state index is 0.0145. The van der Waals surface area contributed by atoms with Crippen LogP contribution < -0.4 is 21.4 Å². The van der Waals surface area contributed by atoms with Crippen molar-refractivity contribution in [3.05, 3.63) is 58.4 Å². The molecule has 22 heavy (non-hydrogen) atoms. The Morgan fingerprint density at radius 2 is 1.86 bits per heavy atom. The fourth-order valence-electron chi connectivity index (χ4n) is 1.98. The normalized spacial score (nSPS) is 13.3. The maximum absolute atomic E-state index is 11.2. The molecular weight excluding hydrogens is 302 g/mol. The number of carbonyl (C=O) groups is 1. The molecular formula is C15H15N3O3S. The van der Waals surface area contributed by atoms with Gasteiger partial charge in [0.05, 0.1) is 4.90 Å². The summed E-state index contributed by atoms with van der Waals surface area (Å²) in [5.74, 6) is 0. The number of aromatic amines is 1. The molecule has 6 nitrogen and oxygen atoms in total. The zero-order chi connectivity index (χ0) is 16.3. The summed E-state index contributed by atoms with van der Waals surface area (Å²) in [7, 11) is -3.74. The molecule has 114 valence electrons. The van der Waals surface area contributed by atoms with Crippen LogP contribution in [-0.4, -0.2) is 19.7 Å². The standard InChI is InChI=1S/C15H15N3O3S/c1-10-15(13(9-19)8-18-10)6-12(7-16)11-2-4-14(5-3-11)22(17,20)21/h2-9,18H,1,16H2,(H2,17,20,21)/b12-7+,15-6+. The molecule has 0 fully saturated rings. The van der Waals surface area contributed by atoms with Gasteiger partial charge in [0, 0.05) is 28.5 Å². The van der Waals surface area contributed by atoms with E-state index in [4.69, 9.17) is 10.9 Å². The summed E-state index contributed by atoms with van der Waals surface area (Å²) < 4.78 is 22.5. The summed E-state index contributed by atoms with van der Waals surface area (Å²) in [5.41, 5.74) is 7.40. The molecule has 0 aliphatic heterocycles. The van der Waals surface area contributed by atoms with Gasteiger partial charge in [-0.2, -0.15) is 0 Å².